The first kappa shape index (κ1) is 33.6. The first-order chi connectivity index (χ1) is 18.8. The van der Waals surface area contributed by atoms with E-state index in [0.717, 1.165) is 74.5 Å². The normalized spacial score (nSPS) is 15.8. The lowest BCUT2D eigenvalue weighted by atomic mass is 9.93. The molecule has 2 unspecified atom stereocenters. The van der Waals surface area contributed by atoms with Crippen LogP contribution in [0.5, 0.6) is 0 Å². The van der Waals surface area contributed by atoms with Crippen molar-refractivity contribution in [3.8, 4) is 0 Å². The molecule has 1 fully saturated rings. The summed E-state index contributed by atoms with van der Waals surface area (Å²) in [5.41, 5.74) is 2.23. The number of benzene rings is 1. The van der Waals surface area contributed by atoms with Crippen LogP contribution < -0.4 is 10.6 Å². The zero-order valence-electron chi connectivity index (χ0n) is 26.4. The van der Waals surface area contributed by atoms with E-state index in [9.17, 15) is 14.4 Å². The van der Waals surface area contributed by atoms with Crippen molar-refractivity contribution in [1.82, 2.24) is 15.5 Å². The number of aryl methyl sites for hydroxylation is 2. The van der Waals surface area contributed by atoms with Crippen molar-refractivity contribution >= 4 is 17.9 Å². The maximum Gasteiger partial charge on any atom is 0.408 e. The van der Waals surface area contributed by atoms with Gasteiger partial charge in [0, 0.05) is 12.6 Å². The summed E-state index contributed by atoms with van der Waals surface area (Å²) in [5.74, 6) is -0.582. The van der Waals surface area contributed by atoms with Gasteiger partial charge in [-0.1, -0.05) is 95.0 Å². The third-order valence-corrected chi connectivity index (χ3v) is 7.46. The number of unbranched alkanes of at least 4 members (excludes halogenated alkanes) is 4. The fourth-order valence-electron chi connectivity index (χ4n) is 5.55. The fraction of sp³-hybridized carbons (Fsp3) is 0.727. The van der Waals surface area contributed by atoms with Crippen LogP contribution in [0, 0.1) is 19.8 Å². The second kappa shape index (κ2) is 16.0. The predicted molar refractivity (Wildman–Crippen MR) is 162 cm³/mol. The van der Waals surface area contributed by atoms with Gasteiger partial charge in [-0.3, -0.25) is 9.59 Å². The molecule has 0 aliphatic heterocycles. The number of amides is 3. The van der Waals surface area contributed by atoms with E-state index in [1.165, 1.54) is 6.42 Å². The minimum absolute atomic E-state index is 0.122. The van der Waals surface area contributed by atoms with Crippen LogP contribution in [0.4, 0.5) is 4.79 Å². The number of hydrogen-bond acceptors (Lipinski definition) is 4. The van der Waals surface area contributed by atoms with Gasteiger partial charge < -0.3 is 20.3 Å². The number of rotatable bonds is 13. The Kier molecular flexibility index (Phi) is 13.5. The Hall–Kier alpha value is -2.57. The molecule has 0 bridgehead atoms. The minimum Gasteiger partial charge on any atom is -0.444 e. The molecule has 7 nitrogen and oxygen atoms in total. The average molecular weight is 558 g/mol. The number of carbonyl (C=O) groups excluding carboxylic acids is 3. The first-order valence-corrected chi connectivity index (χ1v) is 15.5. The summed E-state index contributed by atoms with van der Waals surface area (Å²) in [7, 11) is 0. The topological polar surface area (TPSA) is 87.7 Å². The Morgan fingerprint density at radius 1 is 0.950 bits per heavy atom. The summed E-state index contributed by atoms with van der Waals surface area (Å²) >= 11 is 0. The molecule has 40 heavy (non-hydrogen) atoms. The van der Waals surface area contributed by atoms with Crippen LogP contribution in [-0.2, 0) is 14.3 Å². The summed E-state index contributed by atoms with van der Waals surface area (Å²) < 4.78 is 5.50. The quantitative estimate of drug-likeness (QED) is 0.252. The minimum atomic E-state index is -0.818. The van der Waals surface area contributed by atoms with Crippen molar-refractivity contribution in [2.45, 2.75) is 143 Å². The molecule has 226 valence electrons. The molecule has 1 saturated carbocycles. The number of nitrogens with one attached hydrogen (secondary N) is 2. The lowest BCUT2D eigenvalue weighted by Crippen LogP contribution is -2.55. The lowest BCUT2D eigenvalue weighted by molar-refractivity contribution is -0.143. The second-order valence-electron chi connectivity index (χ2n) is 13.0. The Bertz CT molecular complexity index is 943. The number of nitrogens with zero attached hydrogens (tertiary/aromatic N) is 1. The van der Waals surface area contributed by atoms with Crippen molar-refractivity contribution in [2.24, 2.45) is 5.92 Å². The van der Waals surface area contributed by atoms with Crippen molar-refractivity contribution < 1.29 is 19.1 Å². The summed E-state index contributed by atoms with van der Waals surface area (Å²) in [6, 6.07) is 4.64. The van der Waals surface area contributed by atoms with E-state index in [1.807, 2.05) is 39.8 Å². The molecule has 0 spiro atoms. The van der Waals surface area contributed by atoms with E-state index in [2.05, 4.69) is 23.6 Å². The van der Waals surface area contributed by atoms with Gasteiger partial charge in [0.1, 0.15) is 17.7 Å². The molecule has 7 heteroatoms. The monoisotopic (exact) mass is 557 g/mol. The summed E-state index contributed by atoms with van der Waals surface area (Å²) in [4.78, 5) is 43.0. The Balaban J connectivity index is 2.48. The largest absolute Gasteiger partial charge is 0.444 e. The van der Waals surface area contributed by atoms with Gasteiger partial charge in [-0.05, 0) is 65.4 Å². The second-order valence-corrected chi connectivity index (χ2v) is 13.0. The van der Waals surface area contributed by atoms with Crippen LogP contribution in [0.1, 0.15) is 128 Å². The number of carbonyl (C=O) groups is 3. The maximum atomic E-state index is 14.4. The number of hydrogen-bond donors (Lipinski definition) is 2. The molecule has 1 aliphatic carbocycles. The van der Waals surface area contributed by atoms with Gasteiger partial charge in [-0.15, -0.1) is 0 Å². The van der Waals surface area contributed by atoms with E-state index in [-0.39, 0.29) is 23.8 Å². The summed E-state index contributed by atoms with van der Waals surface area (Å²) in [6.45, 7) is 15.9. The van der Waals surface area contributed by atoms with Crippen LogP contribution in [0.25, 0.3) is 0 Å². The van der Waals surface area contributed by atoms with Crippen LogP contribution in [-0.4, -0.2) is 47.0 Å². The van der Waals surface area contributed by atoms with Gasteiger partial charge in [-0.25, -0.2) is 4.79 Å². The van der Waals surface area contributed by atoms with Crippen LogP contribution in [0.3, 0.4) is 0 Å². The highest BCUT2D eigenvalue weighted by Crippen LogP contribution is 2.28. The SMILES string of the molecule is CCCCCCCN(C(=O)C(NC(=O)OC(C)(C)C)C(C)C)C(C(=O)NC1CCCCC1)c1cc(C)cc(C)c1. The molecule has 0 radical (unpaired) electrons. The van der Waals surface area contributed by atoms with Gasteiger partial charge in [0.2, 0.25) is 11.8 Å². The zero-order chi connectivity index (χ0) is 29.9. The Labute approximate surface area is 243 Å². The summed E-state index contributed by atoms with van der Waals surface area (Å²) in [5, 5.41) is 6.13. The number of ether oxygens (including phenoxy) is 1. The van der Waals surface area contributed by atoms with E-state index < -0.39 is 23.8 Å². The molecule has 1 aromatic carbocycles. The van der Waals surface area contributed by atoms with Crippen molar-refractivity contribution in [3.63, 3.8) is 0 Å². The molecule has 3 amide bonds. The number of alkyl carbamates (subject to hydrolysis) is 1. The van der Waals surface area contributed by atoms with E-state index in [4.69, 9.17) is 4.74 Å². The third kappa shape index (κ3) is 11.1. The maximum absolute atomic E-state index is 14.4. The molecule has 1 aliphatic rings. The van der Waals surface area contributed by atoms with Crippen LogP contribution in [0.2, 0.25) is 0 Å². The molecule has 0 heterocycles. The molecule has 1 aromatic rings. The van der Waals surface area contributed by atoms with Crippen LogP contribution in [0.15, 0.2) is 18.2 Å². The van der Waals surface area contributed by atoms with Crippen molar-refractivity contribution in [3.05, 3.63) is 34.9 Å². The highest BCUT2D eigenvalue weighted by molar-refractivity contribution is 5.92. The van der Waals surface area contributed by atoms with Crippen LogP contribution >= 0.6 is 0 Å². The van der Waals surface area contributed by atoms with E-state index in [0.29, 0.717) is 6.54 Å². The van der Waals surface area contributed by atoms with Gasteiger partial charge in [-0.2, -0.15) is 0 Å². The lowest BCUT2D eigenvalue weighted by Gasteiger charge is -2.37. The van der Waals surface area contributed by atoms with Gasteiger partial charge >= 0.3 is 6.09 Å². The molecule has 2 rings (SSSR count). The highest BCUT2D eigenvalue weighted by atomic mass is 16.6. The van der Waals surface area contributed by atoms with Crippen molar-refractivity contribution in [1.29, 1.82) is 0 Å². The van der Waals surface area contributed by atoms with E-state index >= 15 is 0 Å². The highest BCUT2D eigenvalue weighted by Gasteiger charge is 2.38. The van der Waals surface area contributed by atoms with Gasteiger partial charge in [0.15, 0.2) is 0 Å². The predicted octanol–water partition coefficient (Wildman–Crippen LogP) is 7.14. The summed E-state index contributed by atoms with van der Waals surface area (Å²) in [6.07, 6.45) is 9.84. The van der Waals surface area contributed by atoms with Gasteiger partial charge in [0.25, 0.3) is 0 Å². The smallest absolute Gasteiger partial charge is 0.408 e. The molecule has 0 aromatic heterocycles. The Morgan fingerprint density at radius 3 is 2.10 bits per heavy atom. The Morgan fingerprint density at radius 2 is 1.55 bits per heavy atom. The molecule has 2 N–H and O–H groups in total. The molecule has 2 atom stereocenters. The molecule has 0 saturated heterocycles. The third-order valence-electron chi connectivity index (χ3n) is 7.46. The standard InChI is InChI=1S/C33H55N3O4/c1-9-10-11-12-16-19-36(31(38)28(23(2)3)35-32(39)40-33(6,7)8)29(26-21-24(4)20-25(5)22-26)30(37)34-27-17-14-13-15-18-27/h20-23,27-29H,9-19H2,1-8H3,(H,34,37)(H,35,39). The fourth-order valence-corrected chi connectivity index (χ4v) is 5.55. The van der Waals surface area contributed by atoms with Crippen molar-refractivity contribution in [2.75, 3.05) is 6.54 Å². The first-order valence-electron chi connectivity index (χ1n) is 15.5. The zero-order valence-corrected chi connectivity index (χ0v) is 26.4. The molecular formula is C33H55N3O4. The average Bonchev–Trinajstić information content (AvgIpc) is 2.84. The van der Waals surface area contributed by atoms with E-state index in [1.54, 1.807) is 25.7 Å². The van der Waals surface area contributed by atoms with Gasteiger partial charge in [0.05, 0.1) is 0 Å². The molecular weight excluding hydrogens is 502 g/mol.